The molecule has 8 heteroatoms. The summed E-state index contributed by atoms with van der Waals surface area (Å²) in [5, 5.41) is 14.3. The van der Waals surface area contributed by atoms with Crippen LogP contribution in [0.3, 0.4) is 0 Å². The summed E-state index contributed by atoms with van der Waals surface area (Å²) < 4.78 is 37.7. The van der Waals surface area contributed by atoms with E-state index in [0.717, 1.165) is 24.1 Å². The lowest BCUT2D eigenvalue weighted by molar-refractivity contribution is 0.191. The van der Waals surface area contributed by atoms with Crippen molar-refractivity contribution in [2.75, 3.05) is 18.6 Å². The zero-order valence-electron chi connectivity index (χ0n) is 13.4. The minimum absolute atomic E-state index is 0.249. The Balaban J connectivity index is 1.70. The molecule has 0 saturated carbocycles. The molecule has 0 unspecified atom stereocenters. The van der Waals surface area contributed by atoms with E-state index in [1.165, 1.54) is 12.1 Å². The van der Waals surface area contributed by atoms with Crippen molar-refractivity contribution in [3.05, 3.63) is 53.1 Å². The van der Waals surface area contributed by atoms with Crippen molar-refractivity contribution in [3.8, 4) is 0 Å². The summed E-state index contributed by atoms with van der Waals surface area (Å²) in [6.07, 6.45) is -0.0257. The van der Waals surface area contributed by atoms with E-state index in [4.69, 9.17) is 0 Å². The molecule has 0 aliphatic carbocycles. The van der Waals surface area contributed by atoms with Crippen molar-refractivity contribution in [1.82, 2.24) is 14.7 Å². The summed E-state index contributed by atoms with van der Waals surface area (Å²) in [7, 11) is -3.27. The quantitative estimate of drug-likeness (QED) is 0.872. The fraction of sp³-hybridized carbons (Fsp3) is 0.438. The van der Waals surface area contributed by atoms with Gasteiger partial charge in [-0.3, -0.25) is 9.58 Å². The maximum Gasteiger partial charge on any atom is 0.150 e. The first kappa shape index (κ1) is 17.1. The maximum atomic E-state index is 13.3. The molecule has 24 heavy (non-hydrogen) atoms. The highest BCUT2D eigenvalue weighted by Gasteiger charge is 2.23. The number of nitrogens with zero attached hydrogens (tertiary/aromatic N) is 3. The molecule has 0 radical (unpaired) electrons. The highest BCUT2D eigenvalue weighted by atomic mass is 32.2. The second-order valence-corrected chi connectivity index (χ2v) is 8.42. The topological polar surface area (TPSA) is 75.4 Å². The Morgan fingerprint density at radius 1 is 1.33 bits per heavy atom. The van der Waals surface area contributed by atoms with E-state index < -0.39 is 15.9 Å². The van der Waals surface area contributed by atoms with Gasteiger partial charge in [0, 0.05) is 25.9 Å². The van der Waals surface area contributed by atoms with Crippen LogP contribution in [0.2, 0.25) is 0 Å². The fourth-order valence-electron chi connectivity index (χ4n) is 2.91. The van der Waals surface area contributed by atoms with E-state index in [1.807, 2.05) is 6.07 Å². The number of rotatable bonds is 5. The van der Waals surface area contributed by atoms with Gasteiger partial charge in [-0.1, -0.05) is 12.1 Å². The maximum absolute atomic E-state index is 13.3. The molecule has 130 valence electrons. The lowest BCUT2D eigenvalue weighted by atomic mass is 10.2. The number of fused-ring (bicyclic) bond motifs is 1. The summed E-state index contributed by atoms with van der Waals surface area (Å²) in [6.45, 7) is 2.66. The van der Waals surface area contributed by atoms with Crippen molar-refractivity contribution in [1.29, 1.82) is 0 Å². The molecule has 1 aliphatic rings. The van der Waals surface area contributed by atoms with Crippen LogP contribution in [0.25, 0.3) is 0 Å². The minimum atomic E-state index is -3.27. The minimum Gasteiger partial charge on any atom is -0.386 e. The number of aliphatic hydroxyl groups excluding tert-OH is 1. The van der Waals surface area contributed by atoms with Crippen LogP contribution in [0.1, 0.15) is 23.1 Å². The molecule has 0 saturated heterocycles. The predicted octanol–water partition coefficient (Wildman–Crippen LogP) is 1.12. The third kappa shape index (κ3) is 4.19. The van der Waals surface area contributed by atoms with Gasteiger partial charge in [0.1, 0.15) is 21.8 Å². The molecular weight excluding hydrogens is 333 g/mol. The Labute approximate surface area is 140 Å². The van der Waals surface area contributed by atoms with Crippen LogP contribution in [-0.2, 0) is 29.5 Å². The van der Waals surface area contributed by atoms with Gasteiger partial charge < -0.3 is 5.11 Å². The highest BCUT2D eigenvalue weighted by Crippen LogP contribution is 2.20. The van der Waals surface area contributed by atoms with Gasteiger partial charge in [-0.15, -0.1) is 0 Å². The van der Waals surface area contributed by atoms with E-state index in [1.54, 1.807) is 16.8 Å². The fourth-order valence-corrected chi connectivity index (χ4v) is 3.65. The zero-order valence-corrected chi connectivity index (χ0v) is 14.2. The number of aromatic nitrogens is 2. The van der Waals surface area contributed by atoms with Gasteiger partial charge in [0.15, 0.2) is 0 Å². The van der Waals surface area contributed by atoms with Gasteiger partial charge in [0.25, 0.3) is 0 Å². The normalized spacial score (nSPS) is 16.8. The van der Waals surface area contributed by atoms with E-state index in [0.29, 0.717) is 25.3 Å². The Hall–Kier alpha value is -1.77. The second kappa shape index (κ2) is 6.62. The predicted molar refractivity (Wildman–Crippen MR) is 87.4 cm³/mol. The Bertz CT molecular complexity index is 835. The van der Waals surface area contributed by atoms with E-state index in [2.05, 4.69) is 10.00 Å². The van der Waals surface area contributed by atoms with Crippen LogP contribution >= 0.6 is 0 Å². The molecule has 1 aromatic heterocycles. The molecular formula is C16H20FN3O3S. The smallest absolute Gasteiger partial charge is 0.150 e. The lowest BCUT2D eigenvalue weighted by Gasteiger charge is -2.27. The number of hydrogen-bond donors (Lipinski definition) is 1. The third-order valence-electron chi connectivity index (χ3n) is 3.99. The Morgan fingerprint density at radius 2 is 2.12 bits per heavy atom. The molecule has 0 fully saturated rings. The second-order valence-electron chi connectivity index (χ2n) is 6.23. The molecule has 1 aromatic carbocycles. The average Bonchev–Trinajstić information content (AvgIpc) is 2.89. The number of hydrogen-bond acceptors (Lipinski definition) is 5. The molecule has 3 rings (SSSR count). The molecule has 0 bridgehead atoms. The molecule has 0 spiro atoms. The summed E-state index contributed by atoms with van der Waals surface area (Å²) in [4.78, 5) is 2.17. The van der Waals surface area contributed by atoms with Crippen molar-refractivity contribution >= 4 is 9.84 Å². The Morgan fingerprint density at radius 3 is 2.83 bits per heavy atom. The van der Waals surface area contributed by atoms with E-state index in [-0.39, 0.29) is 11.6 Å². The summed E-state index contributed by atoms with van der Waals surface area (Å²) in [5.74, 6) is -0.586. The monoisotopic (exact) mass is 353 g/mol. The number of halogens is 1. The van der Waals surface area contributed by atoms with Gasteiger partial charge in [0.05, 0.1) is 23.7 Å². The molecule has 1 N–H and O–H groups in total. The Kier molecular flexibility index (Phi) is 4.71. The summed E-state index contributed by atoms with van der Waals surface area (Å²) in [5.41, 5.74) is 2.20. The van der Waals surface area contributed by atoms with Gasteiger partial charge >= 0.3 is 0 Å². The number of benzene rings is 1. The SMILES string of the molecule is CS(=O)(=O)C[C@@H](O)c1cc2n(n1)CCN(Cc1cccc(F)c1)C2. The lowest BCUT2D eigenvalue weighted by Crippen LogP contribution is -2.33. The third-order valence-corrected chi connectivity index (χ3v) is 4.91. The molecule has 0 amide bonds. The molecule has 2 aromatic rings. The van der Waals surface area contributed by atoms with Crippen LogP contribution < -0.4 is 0 Å². The average molecular weight is 353 g/mol. The van der Waals surface area contributed by atoms with Crippen molar-refractivity contribution in [2.24, 2.45) is 0 Å². The first-order valence-corrected chi connectivity index (χ1v) is 9.75. The number of sulfone groups is 1. The van der Waals surface area contributed by atoms with Gasteiger partial charge in [-0.2, -0.15) is 5.10 Å². The van der Waals surface area contributed by atoms with Crippen LogP contribution in [0.15, 0.2) is 30.3 Å². The zero-order chi connectivity index (χ0) is 17.3. The van der Waals surface area contributed by atoms with Crippen molar-refractivity contribution < 1.29 is 17.9 Å². The first-order chi connectivity index (χ1) is 11.3. The number of aliphatic hydroxyl groups is 1. The largest absolute Gasteiger partial charge is 0.386 e. The molecule has 1 aliphatic heterocycles. The van der Waals surface area contributed by atoms with Crippen LogP contribution in [0, 0.1) is 5.82 Å². The van der Waals surface area contributed by atoms with Crippen molar-refractivity contribution in [2.45, 2.75) is 25.7 Å². The molecule has 2 heterocycles. The van der Waals surface area contributed by atoms with Gasteiger partial charge in [-0.05, 0) is 23.8 Å². The van der Waals surface area contributed by atoms with Gasteiger partial charge in [0.2, 0.25) is 0 Å². The summed E-state index contributed by atoms with van der Waals surface area (Å²) in [6, 6.07) is 8.26. The highest BCUT2D eigenvalue weighted by molar-refractivity contribution is 7.90. The van der Waals surface area contributed by atoms with E-state index >= 15 is 0 Å². The first-order valence-electron chi connectivity index (χ1n) is 7.69. The van der Waals surface area contributed by atoms with Crippen LogP contribution in [0.4, 0.5) is 4.39 Å². The van der Waals surface area contributed by atoms with Crippen LogP contribution in [-0.4, -0.2) is 46.8 Å². The van der Waals surface area contributed by atoms with Gasteiger partial charge in [-0.25, -0.2) is 12.8 Å². The van der Waals surface area contributed by atoms with Crippen molar-refractivity contribution in [3.63, 3.8) is 0 Å². The summed E-state index contributed by atoms with van der Waals surface area (Å²) >= 11 is 0. The molecule has 1 atom stereocenters. The van der Waals surface area contributed by atoms with Crippen LogP contribution in [0.5, 0.6) is 0 Å². The van der Waals surface area contributed by atoms with E-state index in [9.17, 15) is 17.9 Å². The molecule has 6 nitrogen and oxygen atoms in total. The standard InChI is InChI=1S/C16H20FN3O3S/c1-24(22,23)11-16(21)15-8-14-10-19(5-6-20(14)18-15)9-12-3-2-4-13(17)7-12/h2-4,7-8,16,21H,5-6,9-11H2,1H3/t16-/m1/s1.